The second kappa shape index (κ2) is 5.64. The van der Waals surface area contributed by atoms with Crippen molar-refractivity contribution in [1.82, 2.24) is 5.32 Å². The molecule has 0 spiro atoms. The molecular formula is C10H11N2O3-. The molecule has 15 heavy (non-hydrogen) atoms. The first-order chi connectivity index (χ1) is 7.18. The third-order valence-electron chi connectivity index (χ3n) is 1.65. The summed E-state index contributed by atoms with van der Waals surface area (Å²) in [6.07, 6.45) is -0.192. The minimum atomic E-state index is -1.19. The Kier molecular flexibility index (Phi) is 4.15. The molecule has 0 saturated heterocycles. The number of nitrogens with one attached hydrogen (secondary N) is 2. The van der Waals surface area contributed by atoms with E-state index in [4.69, 9.17) is 0 Å². The minimum absolute atomic E-state index is 0.0565. The fourth-order valence-corrected chi connectivity index (χ4v) is 0.975. The van der Waals surface area contributed by atoms with Crippen molar-refractivity contribution in [2.24, 2.45) is 0 Å². The molecule has 0 aliphatic heterocycles. The number of carbonyl (C=O) groups is 2. The lowest BCUT2D eigenvalue weighted by atomic mass is 10.3. The van der Waals surface area contributed by atoms with Crippen molar-refractivity contribution in [3.8, 4) is 0 Å². The van der Waals surface area contributed by atoms with Crippen molar-refractivity contribution >= 4 is 17.7 Å². The van der Waals surface area contributed by atoms with Gasteiger partial charge in [-0.1, -0.05) is 18.2 Å². The van der Waals surface area contributed by atoms with Crippen LogP contribution in [0.5, 0.6) is 0 Å². The number of carbonyl (C=O) groups excluding carboxylic acids is 2. The van der Waals surface area contributed by atoms with Crippen LogP contribution in [0.4, 0.5) is 10.5 Å². The number of carboxylic acid groups (broad SMARTS) is 1. The van der Waals surface area contributed by atoms with Gasteiger partial charge in [-0.15, -0.1) is 0 Å². The Morgan fingerprint density at radius 1 is 1.20 bits per heavy atom. The van der Waals surface area contributed by atoms with Gasteiger partial charge < -0.3 is 20.5 Å². The largest absolute Gasteiger partial charge is 0.550 e. The molecule has 5 heteroatoms. The summed E-state index contributed by atoms with van der Waals surface area (Å²) in [5.41, 5.74) is 0.656. The zero-order chi connectivity index (χ0) is 11.1. The van der Waals surface area contributed by atoms with Crippen LogP contribution in [0, 0.1) is 0 Å². The molecule has 0 bridgehead atoms. The average Bonchev–Trinajstić information content (AvgIpc) is 2.18. The van der Waals surface area contributed by atoms with E-state index >= 15 is 0 Å². The standard InChI is InChI=1S/C10H12N2O3/c13-9(14)6-7-11-10(15)12-8-4-2-1-3-5-8/h1-5H,6-7H2,(H,13,14)(H2,11,12,15)/p-1. The first kappa shape index (κ1) is 11.0. The van der Waals surface area contributed by atoms with Crippen LogP contribution < -0.4 is 15.7 Å². The zero-order valence-electron chi connectivity index (χ0n) is 8.03. The Balaban J connectivity index is 2.28. The maximum absolute atomic E-state index is 11.2. The van der Waals surface area contributed by atoms with E-state index in [1.165, 1.54) is 0 Å². The maximum atomic E-state index is 11.2. The monoisotopic (exact) mass is 207 g/mol. The highest BCUT2D eigenvalue weighted by Crippen LogP contribution is 2.03. The average molecular weight is 207 g/mol. The third kappa shape index (κ3) is 4.66. The highest BCUT2D eigenvalue weighted by atomic mass is 16.4. The number of hydrogen-bond donors (Lipinski definition) is 2. The number of para-hydroxylation sites is 1. The fraction of sp³-hybridized carbons (Fsp3) is 0.200. The molecule has 0 radical (unpaired) electrons. The molecule has 1 aromatic carbocycles. The predicted octanol–water partition coefficient (Wildman–Crippen LogP) is -0.0519. The first-order valence-corrected chi connectivity index (χ1v) is 4.48. The van der Waals surface area contributed by atoms with Gasteiger partial charge in [-0.3, -0.25) is 0 Å². The highest BCUT2D eigenvalue weighted by Gasteiger charge is 1.99. The second-order valence-electron chi connectivity index (χ2n) is 2.87. The summed E-state index contributed by atoms with van der Waals surface area (Å²) in [5.74, 6) is -1.19. The number of urea groups is 1. The molecule has 0 fully saturated rings. The van der Waals surface area contributed by atoms with Gasteiger partial charge in [0.05, 0.1) is 0 Å². The van der Waals surface area contributed by atoms with Crippen LogP contribution in [0.1, 0.15) is 6.42 Å². The summed E-state index contributed by atoms with van der Waals surface area (Å²) < 4.78 is 0. The van der Waals surface area contributed by atoms with Gasteiger partial charge in [0.1, 0.15) is 0 Å². The van der Waals surface area contributed by atoms with Crippen molar-refractivity contribution in [2.45, 2.75) is 6.42 Å². The molecule has 0 heterocycles. The minimum Gasteiger partial charge on any atom is -0.550 e. The Morgan fingerprint density at radius 3 is 2.47 bits per heavy atom. The summed E-state index contributed by atoms with van der Waals surface area (Å²) in [6, 6.07) is 8.45. The molecule has 5 nitrogen and oxygen atoms in total. The Bertz CT molecular complexity index is 338. The van der Waals surface area contributed by atoms with Gasteiger partial charge in [-0.05, 0) is 12.1 Å². The molecule has 0 saturated carbocycles. The van der Waals surface area contributed by atoms with E-state index in [9.17, 15) is 14.7 Å². The predicted molar refractivity (Wildman–Crippen MR) is 53.1 cm³/mol. The van der Waals surface area contributed by atoms with Crippen LogP contribution in [-0.4, -0.2) is 18.5 Å². The van der Waals surface area contributed by atoms with E-state index in [2.05, 4.69) is 10.6 Å². The molecule has 2 amide bonds. The van der Waals surface area contributed by atoms with Gasteiger partial charge in [0.2, 0.25) is 0 Å². The third-order valence-corrected chi connectivity index (χ3v) is 1.65. The van der Waals surface area contributed by atoms with E-state index in [0.29, 0.717) is 5.69 Å². The van der Waals surface area contributed by atoms with Gasteiger partial charge in [-0.2, -0.15) is 0 Å². The number of anilines is 1. The molecule has 0 atom stereocenters. The van der Waals surface area contributed by atoms with Gasteiger partial charge in [0.25, 0.3) is 0 Å². The molecule has 0 aromatic heterocycles. The SMILES string of the molecule is O=C([O-])CCNC(=O)Nc1ccccc1. The lowest BCUT2D eigenvalue weighted by molar-refractivity contribution is -0.305. The van der Waals surface area contributed by atoms with E-state index < -0.39 is 12.0 Å². The summed E-state index contributed by atoms with van der Waals surface area (Å²) in [4.78, 5) is 21.2. The number of amides is 2. The van der Waals surface area contributed by atoms with E-state index in [0.717, 1.165) is 0 Å². The van der Waals surface area contributed by atoms with Crippen molar-refractivity contribution in [2.75, 3.05) is 11.9 Å². The quantitative estimate of drug-likeness (QED) is 0.726. The van der Waals surface area contributed by atoms with Crippen LogP contribution in [-0.2, 0) is 4.79 Å². The number of hydrogen-bond acceptors (Lipinski definition) is 3. The van der Waals surface area contributed by atoms with Gasteiger partial charge in [0.15, 0.2) is 0 Å². The summed E-state index contributed by atoms with van der Waals surface area (Å²) in [7, 11) is 0. The summed E-state index contributed by atoms with van der Waals surface area (Å²) in [6.45, 7) is 0.0565. The lowest BCUT2D eigenvalue weighted by Gasteiger charge is -2.07. The molecule has 0 aliphatic carbocycles. The van der Waals surface area contributed by atoms with E-state index in [1.54, 1.807) is 24.3 Å². The highest BCUT2D eigenvalue weighted by molar-refractivity contribution is 5.89. The molecular weight excluding hydrogens is 196 g/mol. The van der Waals surface area contributed by atoms with Crippen molar-refractivity contribution in [3.63, 3.8) is 0 Å². The summed E-state index contributed by atoms with van der Waals surface area (Å²) in [5, 5.41) is 15.0. The maximum Gasteiger partial charge on any atom is 0.319 e. The van der Waals surface area contributed by atoms with E-state index in [1.807, 2.05) is 6.07 Å². The topological polar surface area (TPSA) is 81.3 Å². The molecule has 1 rings (SSSR count). The number of carboxylic acids is 1. The first-order valence-electron chi connectivity index (χ1n) is 4.48. The number of aliphatic carboxylic acids is 1. The Hall–Kier alpha value is -2.04. The number of benzene rings is 1. The van der Waals surface area contributed by atoms with Crippen molar-refractivity contribution in [3.05, 3.63) is 30.3 Å². The van der Waals surface area contributed by atoms with Gasteiger partial charge >= 0.3 is 6.03 Å². The Morgan fingerprint density at radius 2 is 1.87 bits per heavy atom. The van der Waals surface area contributed by atoms with Crippen LogP contribution in [0.25, 0.3) is 0 Å². The summed E-state index contributed by atoms with van der Waals surface area (Å²) >= 11 is 0. The lowest BCUT2D eigenvalue weighted by Crippen LogP contribution is -2.33. The van der Waals surface area contributed by atoms with Crippen molar-refractivity contribution in [1.29, 1.82) is 0 Å². The molecule has 0 aliphatic rings. The van der Waals surface area contributed by atoms with E-state index in [-0.39, 0.29) is 13.0 Å². The second-order valence-corrected chi connectivity index (χ2v) is 2.87. The normalized spacial score (nSPS) is 9.33. The van der Waals surface area contributed by atoms with Crippen LogP contribution in [0.15, 0.2) is 30.3 Å². The van der Waals surface area contributed by atoms with Crippen LogP contribution in [0.2, 0.25) is 0 Å². The van der Waals surface area contributed by atoms with Gasteiger partial charge in [0, 0.05) is 24.6 Å². The van der Waals surface area contributed by atoms with Crippen LogP contribution in [0.3, 0.4) is 0 Å². The zero-order valence-corrected chi connectivity index (χ0v) is 8.03. The smallest absolute Gasteiger partial charge is 0.319 e. The Labute approximate surface area is 87.1 Å². The van der Waals surface area contributed by atoms with Crippen LogP contribution >= 0.6 is 0 Å². The number of rotatable bonds is 4. The van der Waals surface area contributed by atoms with Gasteiger partial charge in [-0.25, -0.2) is 4.79 Å². The molecule has 80 valence electrons. The fourth-order valence-electron chi connectivity index (χ4n) is 0.975. The van der Waals surface area contributed by atoms with Crippen molar-refractivity contribution < 1.29 is 14.7 Å². The molecule has 2 N–H and O–H groups in total. The molecule has 1 aromatic rings. The molecule has 0 unspecified atom stereocenters.